The van der Waals surface area contributed by atoms with Crippen molar-refractivity contribution in [2.75, 3.05) is 11.5 Å². The Bertz CT molecular complexity index is 815. The molecule has 0 aliphatic carbocycles. The molecule has 1 saturated heterocycles. The highest BCUT2D eigenvalue weighted by Gasteiger charge is 2.31. The number of sulfone groups is 1. The average Bonchev–Trinajstić information content (AvgIpc) is 3.08. The fourth-order valence-electron chi connectivity index (χ4n) is 2.75. The summed E-state index contributed by atoms with van der Waals surface area (Å²) >= 11 is 0. The SMILES string of the molecule is Cc1c(C(=O)NCc2ccccn2)cnn1C1CCS(=O)(=O)C1. The summed E-state index contributed by atoms with van der Waals surface area (Å²) in [6, 6.07) is 5.32. The zero-order chi connectivity index (χ0) is 16.4. The van der Waals surface area contributed by atoms with E-state index in [1.165, 1.54) is 6.20 Å². The lowest BCUT2D eigenvalue weighted by atomic mass is 10.2. The Morgan fingerprint density at radius 1 is 1.43 bits per heavy atom. The van der Waals surface area contributed by atoms with Crippen molar-refractivity contribution >= 4 is 15.7 Å². The van der Waals surface area contributed by atoms with Crippen LogP contribution in [0.4, 0.5) is 0 Å². The van der Waals surface area contributed by atoms with Crippen LogP contribution in [0, 0.1) is 6.92 Å². The van der Waals surface area contributed by atoms with Gasteiger partial charge in [-0.1, -0.05) is 6.07 Å². The number of hydrogen-bond acceptors (Lipinski definition) is 5. The molecule has 0 bridgehead atoms. The first-order valence-electron chi connectivity index (χ1n) is 7.39. The molecule has 3 rings (SSSR count). The van der Waals surface area contributed by atoms with Crippen LogP contribution in [0.3, 0.4) is 0 Å². The molecule has 3 heterocycles. The number of nitrogens with one attached hydrogen (secondary N) is 1. The minimum Gasteiger partial charge on any atom is -0.346 e. The summed E-state index contributed by atoms with van der Waals surface area (Å²) in [5.74, 6) is 0.0307. The molecule has 1 aliphatic heterocycles. The molecule has 23 heavy (non-hydrogen) atoms. The highest BCUT2D eigenvalue weighted by Crippen LogP contribution is 2.25. The number of carbonyl (C=O) groups excluding carboxylic acids is 1. The number of rotatable bonds is 4. The van der Waals surface area contributed by atoms with E-state index < -0.39 is 9.84 Å². The summed E-state index contributed by atoms with van der Waals surface area (Å²) in [6.07, 6.45) is 3.71. The molecular weight excluding hydrogens is 316 g/mol. The maximum absolute atomic E-state index is 12.3. The van der Waals surface area contributed by atoms with Gasteiger partial charge in [-0.05, 0) is 25.5 Å². The van der Waals surface area contributed by atoms with Crippen molar-refractivity contribution in [3.05, 3.63) is 47.5 Å². The summed E-state index contributed by atoms with van der Waals surface area (Å²) in [4.78, 5) is 16.4. The highest BCUT2D eigenvalue weighted by atomic mass is 32.2. The van der Waals surface area contributed by atoms with Crippen molar-refractivity contribution in [1.82, 2.24) is 20.1 Å². The predicted octanol–water partition coefficient (Wildman–Crippen LogP) is 0.876. The van der Waals surface area contributed by atoms with E-state index in [1.54, 1.807) is 17.8 Å². The molecule has 1 aliphatic rings. The second kappa shape index (κ2) is 6.11. The number of pyridine rings is 1. The lowest BCUT2D eigenvalue weighted by molar-refractivity contribution is 0.0949. The molecule has 1 N–H and O–H groups in total. The normalized spacial score (nSPS) is 19.6. The van der Waals surface area contributed by atoms with Crippen molar-refractivity contribution in [2.45, 2.75) is 25.9 Å². The molecule has 7 nitrogen and oxygen atoms in total. The third-order valence-electron chi connectivity index (χ3n) is 4.00. The van der Waals surface area contributed by atoms with Gasteiger partial charge in [0.25, 0.3) is 5.91 Å². The molecule has 0 spiro atoms. The summed E-state index contributed by atoms with van der Waals surface area (Å²) in [5.41, 5.74) is 1.92. The van der Waals surface area contributed by atoms with E-state index >= 15 is 0 Å². The predicted molar refractivity (Wildman–Crippen MR) is 84.7 cm³/mol. The Morgan fingerprint density at radius 3 is 2.91 bits per heavy atom. The van der Waals surface area contributed by atoms with Crippen molar-refractivity contribution in [3.8, 4) is 0 Å². The smallest absolute Gasteiger partial charge is 0.255 e. The topological polar surface area (TPSA) is 93.9 Å². The fourth-order valence-corrected chi connectivity index (χ4v) is 4.44. The monoisotopic (exact) mass is 334 g/mol. The third kappa shape index (κ3) is 3.42. The number of nitrogens with zero attached hydrogens (tertiary/aromatic N) is 3. The first-order valence-corrected chi connectivity index (χ1v) is 9.21. The van der Waals surface area contributed by atoms with Crippen molar-refractivity contribution < 1.29 is 13.2 Å². The molecule has 0 aromatic carbocycles. The van der Waals surface area contributed by atoms with Crippen molar-refractivity contribution in [2.24, 2.45) is 0 Å². The van der Waals surface area contributed by atoms with E-state index in [4.69, 9.17) is 0 Å². The van der Waals surface area contributed by atoms with Gasteiger partial charge in [-0.2, -0.15) is 5.10 Å². The Morgan fingerprint density at radius 2 is 2.26 bits per heavy atom. The summed E-state index contributed by atoms with van der Waals surface area (Å²) in [7, 11) is -2.99. The van der Waals surface area contributed by atoms with Gasteiger partial charge in [-0.15, -0.1) is 0 Å². The van der Waals surface area contributed by atoms with Crippen LogP contribution < -0.4 is 5.32 Å². The molecule has 1 amide bonds. The molecule has 1 atom stereocenters. The summed E-state index contributed by atoms with van der Waals surface area (Å²) in [5, 5.41) is 7.02. The number of hydrogen-bond donors (Lipinski definition) is 1. The summed E-state index contributed by atoms with van der Waals surface area (Å²) < 4.78 is 24.8. The molecule has 0 radical (unpaired) electrons. The zero-order valence-electron chi connectivity index (χ0n) is 12.8. The molecule has 0 saturated carbocycles. The van der Waals surface area contributed by atoms with Gasteiger partial charge >= 0.3 is 0 Å². The van der Waals surface area contributed by atoms with Gasteiger partial charge in [0.05, 0.1) is 41.5 Å². The lowest BCUT2D eigenvalue weighted by Crippen LogP contribution is -2.24. The van der Waals surface area contributed by atoms with Gasteiger partial charge in [0.15, 0.2) is 9.84 Å². The number of carbonyl (C=O) groups is 1. The lowest BCUT2D eigenvalue weighted by Gasteiger charge is -2.11. The van der Waals surface area contributed by atoms with Gasteiger partial charge in [0.1, 0.15) is 0 Å². The van der Waals surface area contributed by atoms with Crippen LogP contribution in [0.15, 0.2) is 30.6 Å². The van der Waals surface area contributed by atoms with Crippen LogP contribution in [0.2, 0.25) is 0 Å². The second-order valence-corrected chi connectivity index (χ2v) is 7.88. The maximum atomic E-state index is 12.3. The van der Waals surface area contributed by atoms with Crippen LogP contribution in [-0.4, -0.2) is 40.6 Å². The fraction of sp³-hybridized carbons (Fsp3) is 0.400. The first kappa shape index (κ1) is 15.7. The van der Waals surface area contributed by atoms with Gasteiger partial charge in [-0.25, -0.2) is 8.42 Å². The molecule has 2 aromatic heterocycles. The van der Waals surface area contributed by atoms with Crippen LogP contribution in [-0.2, 0) is 16.4 Å². The van der Waals surface area contributed by atoms with Crippen LogP contribution in [0.1, 0.15) is 34.2 Å². The largest absolute Gasteiger partial charge is 0.346 e. The Labute approximate surface area is 134 Å². The Balaban J connectivity index is 1.70. The quantitative estimate of drug-likeness (QED) is 0.895. The van der Waals surface area contributed by atoms with Gasteiger partial charge in [0.2, 0.25) is 0 Å². The molecular formula is C15H18N4O3S. The third-order valence-corrected chi connectivity index (χ3v) is 5.75. The molecule has 8 heteroatoms. The minimum atomic E-state index is -2.99. The van der Waals surface area contributed by atoms with E-state index in [1.807, 2.05) is 18.2 Å². The Hall–Kier alpha value is -2.22. The second-order valence-electron chi connectivity index (χ2n) is 5.65. The van der Waals surface area contributed by atoms with Crippen LogP contribution >= 0.6 is 0 Å². The van der Waals surface area contributed by atoms with Crippen molar-refractivity contribution in [3.63, 3.8) is 0 Å². The molecule has 1 fully saturated rings. The highest BCUT2D eigenvalue weighted by molar-refractivity contribution is 7.91. The van der Waals surface area contributed by atoms with E-state index in [-0.39, 0.29) is 23.5 Å². The van der Waals surface area contributed by atoms with E-state index in [0.29, 0.717) is 24.2 Å². The van der Waals surface area contributed by atoms with Gasteiger partial charge in [-0.3, -0.25) is 14.5 Å². The average molecular weight is 334 g/mol. The zero-order valence-corrected chi connectivity index (χ0v) is 13.6. The number of aromatic nitrogens is 3. The van der Waals surface area contributed by atoms with Gasteiger partial charge < -0.3 is 5.32 Å². The van der Waals surface area contributed by atoms with E-state index in [9.17, 15) is 13.2 Å². The number of amides is 1. The summed E-state index contributed by atoms with van der Waals surface area (Å²) in [6.45, 7) is 2.12. The maximum Gasteiger partial charge on any atom is 0.255 e. The van der Waals surface area contributed by atoms with Gasteiger partial charge in [0, 0.05) is 11.9 Å². The molecule has 2 aromatic rings. The molecule has 122 valence electrons. The van der Waals surface area contributed by atoms with Crippen LogP contribution in [0.5, 0.6) is 0 Å². The Kier molecular flexibility index (Phi) is 4.16. The van der Waals surface area contributed by atoms with E-state index in [2.05, 4.69) is 15.4 Å². The minimum absolute atomic E-state index is 0.0878. The molecule has 1 unspecified atom stereocenters. The van der Waals surface area contributed by atoms with Crippen molar-refractivity contribution in [1.29, 1.82) is 0 Å². The standard InChI is InChI=1S/C15H18N4O3S/c1-11-14(15(20)17-8-12-4-2-3-6-16-12)9-18-19(11)13-5-7-23(21,22)10-13/h2-4,6,9,13H,5,7-8,10H2,1H3,(H,17,20). The van der Waals surface area contributed by atoms with E-state index in [0.717, 1.165) is 5.69 Å². The first-order chi connectivity index (χ1) is 11.0. The van der Waals surface area contributed by atoms with Crippen LogP contribution in [0.25, 0.3) is 0 Å².